The van der Waals surface area contributed by atoms with Gasteiger partial charge in [0, 0.05) is 24.9 Å². The number of anilines is 1. The van der Waals surface area contributed by atoms with Crippen LogP contribution in [0.1, 0.15) is 36.8 Å². The van der Waals surface area contributed by atoms with Gasteiger partial charge in [-0.25, -0.2) is 24.1 Å². The summed E-state index contributed by atoms with van der Waals surface area (Å²) in [7, 11) is 0. The normalized spacial score (nSPS) is 14.2. The van der Waals surface area contributed by atoms with Crippen molar-refractivity contribution in [3.05, 3.63) is 29.6 Å². The van der Waals surface area contributed by atoms with Crippen LogP contribution < -0.4 is 5.73 Å². The summed E-state index contributed by atoms with van der Waals surface area (Å²) >= 11 is 0. The fraction of sp³-hybridized carbons (Fsp3) is 0.444. The molecule has 0 aromatic carbocycles. The summed E-state index contributed by atoms with van der Waals surface area (Å²) in [6.45, 7) is 4.86. The zero-order valence-electron chi connectivity index (χ0n) is 15.5. The summed E-state index contributed by atoms with van der Waals surface area (Å²) in [5.41, 5.74) is 7.00. The highest BCUT2D eigenvalue weighted by Crippen LogP contribution is 2.30. The molecule has 0 atom stereocenters. The number of alkyl halides is 1. The van der Waals surface area contributed by atoms with Gasteiger partial charge in [0.2, 0.25) is 5.95 Å². The van der Waals surface area contributed by atoms with E-state index in [1.54, 1.807) is 37.5 Å². The smallest absolute Gasteiger partial charge is 0.417 e. The molecule has 3 heterocycles. The fourth-order valence-electron chi connectivity index (χ4n) is 3.07. The van der Waals surface area contributed by atoms with Crippen molar-refractivity contribution >= 4 is 17.9 Å². The molecule has 2 N–H and O–H groups in total. The Labute approximate surface area is 156 Å². The maximum atomic E-state index is 13.1. The minimum atomic E-state index is -0.707. The van der Waals surface area contributed by atoms with Crippen molar-refractivity contribution in [3.8, 4) is 11.4 Å². The summed E-state index contributed by atoms with van der Waals surface area (Å²) < 4.78 is 20.2. The number of aromatic nitrogens is 3. The lowest BCUT2D eigenvalue weighted by atomic mass is 10.1. The van der Waals surface area contributed by atoms with E-state index in [4.69, 9.17) is 10.5 Å². The van der Waals surface area contributed by atoms with Crippen LogP contribution in [0.25, 0.3) is 11.4 Å². The van der Waals surface area contributed by atoms with E-state index in [-0.39, 0.29) is 19.0 Å². The van der Waals surface area contributed by atoms with Gasteiger partial charge in [0.15, 0.2) is 0 Å². The standard InChI is InChI=1S/C18H22FN5O3/c1-18(2,3)27-17(26)24-8-5-13-11(15(24)25)10-14(23(13)9-6-19)12-4-7-21-16(20)22-12/h4,7,10H,5-6,8-9H2,1-3H3,(H2,20,21,22). The summed E-state index contributed by atoms with van der Waals surface area (Å²) in [6.07, 6.45) is 1.21. The molecule has 1 aliphatic rings. The van der Waals surface area contributed by atoms with E-state index >= 15 is 0 Å². The first-order valence-electron chi connectivity index (χ1n) is 8.63. The van der Waals surface area contributed by atoms with Gasteiger partial charge in [-0.05, 0) is 32.9 Å². The molecule has 3 rings (SSSR count). The zero-order valence-corrected chi connectivity index (χ0v) is 15.5. The molecule has 1 aliphatic heterocycles. The third kappa shape index (κ3) is 3.76. The highest BCUT2D eigenvalue weighted by molar-refractivity contribution is 6.05. The van der Waals surface area contributed by atoms with Gasteiger partial charge in [-0.1, -0.05) is 0 Å². The molecule has 9 heteroatoms. The van der Waals surface area contributed by atoms with Crippen LogP contribution in [0.2, 0.25) is 0 Å². The Bertz CT molecular complexity index is 888. The van der Waals surface area contributed by atoms with Gasteiger partial charge in [-0.15, -0.1) is 0 Å². The van der Waals surface area contributed by atoms with Gasteiger partial charge in [0.25, 0.3) is 5.91 Å². The summed E-state index contributed by atoms with van der Waals surface area (Å²) in [6, 6.07) is 3.26. The van der Waals surface area contributed by atoms with Crippen LogP contribution in [0.5, 0.6) is 0 Å². The molecule has 2 amide bonds. The number of nitrogens with zero attached hydrogens (tertiary/aromatic N) is 4. The maximum absolute atomic E-state index is 13.1. The molecule has 27 heavy (non-hydrogen) atoms. The first kappa shape index (κ1) is 18.8. The second-order valence-electron chi connectivity index (χ2n) is 7.22. The molecule has 0 spiro atoms. The number of nitrogens with two attached hydrogens (primary N) is 1. The van der Waals surface area contributed by atoms with Crippen molar-refractivity contribution in [1.82, 2.24) is 19.4 Å². The number of fused-ring (bicyclic) bond motifs is 1. The SMILES string of the molecule is CC(C)(C)OC(=O)N1CCc2c(cc(-c3ccnc(N)n3)n2CCF)C1=O. The van der Waals surface area contributed by atoms with Crippen molar-refractivity contribution in [2.24, 2.45) is 0 Å². The molecule has 0 saturated carbocycles. The van der Waals surface area contributed by atoms with E-state index in [1.165, 1.54) is 6.20 Å². The van der Waals surface area contributed by atoms with Gasteiger partial charge in [-0.3, -0.25) is 4.79 Å². The quantitative estimate of drug-likeness (QED) is 0.884. The number of hydrogen-bond acceptors (Lipinski definition) is 6. The van der Waals surface area contributed by atoms with Crippen molar-refractivity contribution in [2.75, 3.05) is 19.0 Å². The molecular weight excluding hydrogens is 353 g/mol. The lowest BCUT2D eigenvalue weighted by Crippen LogP contribution is -2.44. The summed E-state index contributed by atoms with van der Waals surface area (Å²) in [5.74, 6) is -0.383. The lowest BCUT2D eigenvalue weighted by Gasteiger charge is -2.29. The average molecular weight is 375 g/mol. The Balaban J connectivity index is 2.00. The number of nitrogen functional groups attached to an aromatic ring is 1. The first-order chi connectivity index (χ1) is 12.7. The fourth-order valence-corrected chi connectivity index (χ4v) is 3.07. The van der Waals surface area contributed by atoms with Crippen LogP contribution in [0.3, 0.4) is 0 Å². The Morgan fingerprint density at radius 3 is 2.78 bits per heavy atom. The van der Waals surface area contributed by atoms with Gasteiger partial charge in [0.05, 0.1) is 23.5 Å². The maximum Gasteiger partial charge on any atom is 0.417 e. The Morgan fingerprint density at radius 1 is 1.41 bits per heavy atom. The second-order valence-corrected chi connectivity index (χ2v) is 7.22. The van der Waals surface area contributed by atoms with E-state index in [0.29, 0.717) is 29.1 Å². The van der Waals surface area contributed by atoms with E-state index in [1.807, 2.05) is 0 Å². The van der Waals surface area contributed by atoms with E-state index in [2.05, 4.69) is 9.97 Å². The number of imide groups is 1. The molecule has 0 fully saturated rings. The average Bonchev–Trinajstić information content (AvgIpc) is 2.93. The Hall–Kier alpha value is -2.97. The molecule has 8 nitrogen and oxygen atoms in total. The third-order valence-corrected chi connectivity index (χ3v) is 4.11. The van der Waals surface area contributed by atoms with Crippen LogP contribution in [-0.4, -0.2) is 50.3 Å². The highest BCUT2D eigenvalue weighted by atomic mass is 19.1. The minimum absolute atomic E-state index is 0.0777. The number of amides is 2. The molecule has 0 unspecified atom stereocenters. The summed E-state index contributed by atoms with van der Waals surface area (Å²) in [5, 5.41) is 0. The Kier molecular flexibility index (Phi) is 4.86. The lowest BCUT2D eigenvalue weighted by molar-refractivity contribution is 0.0232. The molecule has 2 aromatic heterocycles. The van der Waals surface area contributed by atoms with E-state index < -0.39 is 24.3 Å². The van der Waals surface area contributed by atoms with Crippen LogP contribution in [0.4, 0.5) is 15.1 Å². The number of carbonyl (C=O) groups excluding carboxylic acids is 2. The predicted molar refractivity (Wildman–Crippen MR) is 96.8 cm³/mol. The number of rotatable bonds is 3. The van der Waals surface area contributed by atoms with E-state index in [9.17, 15) is 14.0 Å². The number of hydrogen-bond donors (Lipinski definition) is 1. The van der Waals surface area contributed by atoms with Gasteiger partial charge in [0.1, 0.15) is 12.3 Å². The molecule has 2 aromatic rings. The largest absolute Gasteiger partial charge is 0.443 e. The second kappa shape index (κ2) is 6.98. The molecule has 0 bridgehead atoms. The number of ether oxygens (including phenoxy) is 1. The minimum Gasteiger partial charge on any atom is -0.443 e. The van der Waals surface area contributed by atoms with Crippen LogP contribution in [0.15, 0.2) is 18.3 Å². The highest BCUT2D eigenvalue weighted by Gasteiger charge is 2.35. The van der Waals surface area contributed by atoms with Crippen LogP contribution in [-0.2, 0) is 17.7 Å². The number of carbonyl (C=O) groups is 2. The molecule has 144 valence electrons. The molecule has 0 aliphatic carbocycles. The molecule has 0 radical (unpaired) electrons. The first-order valence-corrected chi connectivity index (χ1v) is 8.63. The Morgan fingerprint density at radius 2 is 2.15 bits per heavy atom. The topological polar surface area (TPSA) is 103 Å². The van der Waals surface area contributed by atoms with E-state index in [0.717, 1.165) is 4.90 Å². The van der Waals surface area contributed by atoms with Gasteiger partial charge >= 0.3 is 6.09 Å². The van der Waals surface area contributed by atoms with Crippen LogP contribution >= 0.6 is 0 Å². The van der Waals surface area contributed by atoms with Crippen molar-refractivity contribution in [1.29, 1.82) is 0 Å². The summed E-state index contributed by atoms with van der Waals surface area (Å²) in [4.78, 5) is 34.3. The van der Waals surface area contributed by atoms with Gasteiger partial charge < -0.3 is 15.0 Å². The molecular formula is C18H22FN5O3. The predicted octanol–water partition coefficient (Wildman–Crippen LogP) is 2.43. The van der Waals surface area contributed by atoms with Gasteiger partial charge in [-0.2, -0.15) is 0 Å². The monoisotopic (exact) mass is 375 g/mol. The zero-order chi connectivity index (χ0) is 19.8. The van der Waals surface area contributed by atoms with Crippen molar-refractivity contribution < 1.29 is 18.7 Å². The van der Waals surface area contributed by atoms with Crippen LogP contribution in [0, 0.1) is 0 Å². The third-order valence-electron chi connectivity index (χ3n) is 4.11. The van der Waals surface area contributed by atoms with Crippen molar-refractivity contribution in [3.63, 3.8) is 0 Å². The number of halogens is 1. The van der Waals surface area contributed by atoms with Crippen molar-refractivity contribution in [2.45, 2.75) is 39.3 Å². The molecule has 0 saturated heterocycles.